The van der Waals surface area contributed by atoms with Gasteiger partial charge in [0.1, 0.15) is 5.75 Å². The molecule has 0 amide bonds. The number of nitrogens with one attached hydrogen (secondary N) is 1. The fraction of sp³-hybridized carbons (Fsp3) is 0.350. The minimum absolute atomic E-state index is 0.375. The Hall–Kier alpha value is -2.47. The SMILES string of the molecule is Cc1cc(-c2csc(Nc3cnccn3)n2)cc(C)c1OC1CCCC1. The largest absolute Gasteiger partial charge is 0.490 e. The lowest BCUT2D eigenvalue weighted by Gasteiger charge is -2.18. The van der Waals surface area contributed by atoms with E-state index in [2.05, 4.69) is 51.6 Å². The summed E-state index contributed by atoms with van der Waals surface area (Å²) >= 11 is 1.56. The molecule has 0 saturated heterocycles. The molecule has 1 fully saturated rings. The van der Waals surface area contributed by atoms with Crippen molar-refractivity contribution in [3.05, 3.63) is 47.2 Å². The maximum atomic E-state index is 6.27. The summed E-state index contributed by atoms with van der Waals surface area (Å²) in [7, 11) is 0. The van der Waals surface area contributed by atoms with Crippen molar-refractivity contribution < 1.29 is 4.74 Å². The first kappa shape index (κ1) is 17.0. The highest BCUT2D eigenvalue weighted by Gasteiger charge is 2.19. The van der Waals surface area contributed by atoms with Gasteiger partial charge in [-0.05, 0) is 62.8 Å². The summed E-state index contributed by atoms with van der Waals surface area (Å²) in [6.07, 6.45) is 10.3. The predicted molar refractivity (Wildman–Crippen MR) is 105 cm³/mol. The van der Waals surface area contributed by atoms with E-state index in [1.807, 2.05) is 0 Å². The van der Waals surface area contributed by atoms with Gasteiger partial charge in [-0.2, -0.15) is 0 Å². The second-order valence-electron chi connectivity index (χ2n) is 6.72. The number of nitrogens with zero attached hydrogens (tertiary/aromatic N) is 3. The normalized spacial score (nSPS) is 14.5. The molecule has 5 nitrogen and oxygen atoms in total. The molecule has 26 heavy (non-hydrogen) atoms. The Morgan fingerprint density at radius 2 is 1.88 bits per heavy atom. The van der Waals surface area contributed by atoms with Crippen LogP contribution < -0.4 is 10.1 Å². The maximum absolute atomic E-state index is 6.27. The van der Waals surface area contributed by atoms with Crippen molar-refractivity contribution in [3.63, 3.8) is 0 Å². The molecule has 1 aromatic carbocycles. The zero-order valence-corrected chi connectivity index (χ0v) is 15.8. The van der Waals surface area contributed by atoms with Crippen molar-refractivity contribution in [1.82, 2.24) is 15.0 Å². The van der Waals surface area contributed by atoms with Crippen LogP contribution in [0.4, 0.5) is 10.9 Å². The maximum Gasteiger partial charge on any atom is 0.188 e. The molecule has 1 aliphatic rings. The number of aromatic nitrogens is 3. The van der Waals surface area contributed by atoms with Gasteiger partial charge in [0, 0.05) is 23.3 Å². The molecule has 2 heterocycles. The van der Waals surface area contributed by atoms with E-state index in [4.69, 9.17) is 4.74 Å². The van der Waals surface area contributed by atoms with Gasteiger partial charge >= 0.3 is 0 Å². The first-order valence-corrected chi connectivity index (χ1v) is 9.84. The van der Waals surface area contributed by atoms with Crippen LogP contribution in [0.5, 0.6) is 5.75 Å². The van der Waals surface area contributed by atoms with E-state index >= 15 is 0 Å². The molecule has 2 aromatic heterocycles. The third kappa shape index (κ3) is 3.70. The van der Waals surface area contributed by atoms with E-state index in [0.29, 0.717) is 11.9 Å². The fourth-order valence-corrected chi connectivity index (χ4v) is 4.12. The zero-order chi connectivity index (χ0) is 17.9. The Kier molecular flexibility index (Phi) is 4.84. The standard InChI is InChI=1S/C20H22N4OS/c1-13-9-15(10-14(2)19(13)25-16-5-3-4-6-16)17-12-26-20(23-17)24-18-11-21-7-8-22-18/h7-12,16H,3-6H2,1-2H3,(H,22,23,24). The number of rotatable bonds is 5. The summed E-state index contributed by atoms with van der Waals surface area (Å²) in [4.78, 5) is 13.0. The van der Waals surface area contributed by atoms with Gasteiger partial charge in [-0.15, -0.1) is 11.3 Å². The molecule has 1 saturated carbocycles. The van der Waals surface area contributed by atoms with Crippen LogP contribution in [-0.2, 0) is 0 Å². The number of aryl methyl sites for hydroxylation is 2. The van der Waals surface area contributed by atoms with Gasteiger partial charge in [-0.3, -0.25) is 4.98 Å². The monoisotopic (exact) mass is 366 g/mol. The van der Waals surface area contributed by atoms with E-state index < -0.39 is 0 Å². The van der Waals surface area contributed by atoms with E-state index in [0.717, 1.165) is 22.1 Å². The van der Waals surface area contributed by atoms with Gasteiger partial charge in [0.2, 0.25) is 0 Å². The summed E-state index contributed by atoms with van der Waals surface area (Å²) in [6.45, 7) is 4.23. The number of ether oxygens (including phenoxy) is 1. The third-order valence-corrected chi connectivity index (χ3v) is 5.40. The van der Waals surface area contributed by atoms with Crippen LogP contribution in [0.15, 0.2) is 36.1 Å². The zero-order valence-electron chi connectivity index (χ0n) is 15.0. The van der Waals surface area contributed by atoms with Crippen LogP contribution in [0, 0.1) is 13.8 Å². The molecule has 0 spiro atoms. The van der Waals surface area contributed by atoms with Crippen molar-refractivity contribution in [2.75, 3.05) is 5.32 Å². The summed E-state index contributed by atoms with van der Waals surface area (Å²) in [5.74, 6) is 1.73. The molecule has 134 valence electrons. The molecule has 1 aliphatic carbocycles. The van der Waals surface area contributed by atoms with Crippen LogP contribution >= 0.6 is 11.3 Å². The molecular formula is C20H22N4OS. The van der Waals surface area contributed by atoms with Gasteiger partial charge in [0.15, 0.2) is 10.9 Å². The van der Waals surface area contributed by atoms with E-state index in [1.165, 1.54) is 36.8 Å². The number of anilines is 2. The van der Waals surface area contributed by atoms with Crippen molar-refractivity contribution in [2.24, 2.45) is 0 Å². The first-order chi connectivity index (χ1) is 12.7. The topological polar surface area (TPSA) is 59.9 Å². The Balaban J connectivity index is 1.54. The van der Waals surface area contributed by atoms with Crippen LogP contribution in [0.1, 0.15) is 36.8 Å². The highest BCUT2D eigenvalue weighted by Crippen LogP contribution is 2.34. The van der Waals surface area contributed by atoms with Gasteiger partial charge in [-0.1, -0.05) is 0 Å². The van der Waals surface area contributed by atoms with Gasteiger partial charge in [0.05, 0.1) is 18.0 Å². The van der Waals surface area contributed by atoms with Crippen LogP contribution in [0.25, 0.3) is 11.3 Å². The number of hydrogen-bond donors (Lipinski definition) is 1. The van der Waals surface area contributed by atoms with Crippen LogP contribution in [-0.4, -0.2) is 21.1 Å². The average molecular weight is 366 g/mol. The minimum Gasteiger partial charge on any atom is -0.490 e. The second-order valence-corrected chi connectivity index (χ2v) is 7.58. The van der Waals surface area contributed by atoms with E-state index in [9.17, 15) is 0 Å². The Bertz CT molecular complexity index is 865. The summed E-state index contributed by atoms with van der Waals surface area (Å²) in [5, 5.41) is 6.06. The minimum atomic E-state index is 0.375. The molecule has 3 aromatic rings. The quantitative estimate of drug-likeness (QED) is 0.665. The molecule has 0 bridgehead atoms. The van der Waals surface area contributed by atoms with E-state index in [-0.39, 0.29) is 0 Å². The number of thiazole rings is 1. The van der Waals surface area contributed by atoms with E-state index in [1.54, 1.807) is 29.9 Å². The van der Waals surface area contributed by atoms with Gasteiger partial charge in [-0.25, -0.2) is 9.97 Å². The molecular weight excluding hydrogens is 344 g/mol. The molecule has 0 unspecified atom stereocenters. The highest BCUT2D eigenvalue weighted by molar-refractivity contribution is 7.14. The lowest BCUT2D eigenvalue weighted by Crippen LogP contribution is -2.12. The molecule has 4 rings (SSSR count). The Morgan fingerprint density at radius 3 is 2.58 bits per heavy atom. The lowest BCUT2D eigenvalue weighted by molar-refractivity contribution is 0.207. The Labute approximate surface area is 157 Å². The second kappa shape index (κ2) is 7.41. The first-order valence-electron chi connectivity index (χ1n) is 8.96. The molecule has 0 radical (unpaired) electrons. The van der Waals surface area contributed by atoms with Crippen molar-refractivity contribution in [2.45, 2.75) is 45.6 Å². The molecule has 0 atom stereocenters. The molecule has 1 N–H and O–H groups in total. The smallest absolute Gasteiger partial charge is 0.188 e. The van der Waals surface area contributed by atoms with Crippen LogP contribution in [0.3, 0.4) is 0 Å². The van der Waals surface area contributed by atoms with Crippen molar-refractivity contribution >= 4 is 22.3 Å². The predicted octanol–water partition coefficient (Wildman–Crippen LogP) is 5.28. The lowest BCUT2D eigenvalue weighted by atomic mass is 10.0. The number of hydrogen-bond acceptors (Lipinski definition) is 6. The summed E-state index contributed by atoms with van der Waals surface area (Å²) in [6, 6.07) is 4.33. The summed E-state index contributed by atoms with van der Waals surface area (Å²) in [5.41, 5.74) is 4.41. The van der Waals surface area contributed by atoms with Gasteiger partial charge in [0.25, 0.3) is 0 Å². The van der Waals surface area contributed by atoms with Crippen molar-refractivity contribution in [3.8, 4) is 17.0 Å². The highest BCUT2D eigenvalue weighted by atomic mass is 32.1. The third-order valence-electron chi connectivity index (χ3n) is 4.65. The van der Waals surface area contributed by atoms with Crippen molar-refractivity contribution in [1.29, 1.82) is 0 Å². The Morgan fingerprint density at radius 1 is 1.12 bits per heavy atom. The molecule has 0 aliphatic heterocycles. The van der Waals surface area contributed by atoms with Gasteiger partial charge < -0.3 is 10.1 Å². The van der Waals surface area contributed by atoms with Crippen LogP contribution in [0.2, 0.25) is 0 Å². The fourth-order valence-electron chi connectivity index (χ4n) is 3.39. The summed E-state index contributed by atoms with van der Waals surface area (Å²) < 4.78 is 6.27. The molecule has 6 heteroatoms. The average Bonchev–Trinajstić information content (AvgIpc) is 3.31. The number of benzene rings is 1.